The smallest absolute Gasteiger partial charge is 0.419 e. The molecule has 96 valence electrons. The van der Waals surface area contributed by atoms with Gasteiger partial charge in [0.05, 0.1) is 11.7 Å². The van der Waals surface area contributed by atoms with Crippen LogP contribution in [0.3, 0.4) is 0 Å². The molecule has 1 aromatic carbocycles. The van der Waals surface area contributed by atoms with Crippen molar-refractivity contribution in [1.29, 1.82) is 0 Å². The van der Waals surface area contributed by atoms with E-state index in [1.54, 1.807) is 13.8 Å². The minimum absolute atomic E-state index is 0.0620. The largest absolute Gasteiger partial charge is 0.490 e. The topological polar surface area (TPSA) is 29.5 Å². The van der Waals surface area contributed by atoms with Crippen molar-refractivity contribution in [3.8, 4) is 5.75 Å². The Balaban J connectivity index is 2.78. The highest BCUT2D eigenvalue weighted by Crippen LogP contribution is 2.35. The summed E-state index contributed by atoms with van der Waals surface area (Å²) in [6.45, 7) is 3.39. The molecule has 0 aliphatic heterocycles. The SMILES string of the molecule is CC(C)C(O)COc1ccccc1C(F)(F)F. The zero-order chi connectivity index (χ0) is 13.1. The molecular weight excluding hydrogens is 233 g/mol. The molecule has 0 radical (unpaired) electrons. The van der Waals surface area contributed by atoms with Crippen molar-refractivity contribution in [3.05, 3.63) is 29.8 Å². The summed E-state index contributed by atoms with van der Waals surface area (Å²) in [4.78, 5) is 0. The molecule has 1 unspecified atom stereocenters. The van der Waals surface area contributed by atoms with Crippen LogP contribution < -0.4 is 4.74 Å². The molecular formula is C12H15F3O2. The lowest BCUT2D eigenvalue weighted by molar-refractivity contribution is -0.139. The monoisotopic (exact) mass is 248 g/mol. The minimum Gasteiger partial charge on any atom is -0.490 e. The molecule has 0 saturated carbocycles. The van der Waals surface area contributed by atoms with Gasteiger partial charge in [0.2, 0.25) is 0 Å². The number of para-hydroxylation sites is 1. The van der Waals surface area contributed by atoms with Crippen molar-refractivity contribution in [1.82, 2.24) is 0 Å². The van der Waals surface area contributed by atoms with Crippen LogP contribution in [-0.4, -0.2) is 17.8 Å². The molecule has 1 N–H and O–H groups in total. The summed E-state index contributed by atoms with van der Waals surface area (Å²) in [5.74, 6) is -0.312. The lowest BCUT2D eigenvalue weighted by Gasteiger charge is -2.18. The number of aliphatic hydroxyl groups excluding tert-OH is 1. The second-order valence-electron chi connectivity index (χ2n) is 4.12. The number of aliphatic hydroxyl groups is 1. The van der Waals surface area contributed by atoms with Crippen LogP contribution >= 0.6 is 0 Å². The molecule has 1 rings (SSSR count). The van der Waals surface area contributed by atoms with E-state index in [0.29, 0.717) is 0 Å². The predicted octanol–water partition coefficient (Wildman–Crippen LogP) is 3.10. The molecule has 17 heavy (non-hydrogen) atoms. The van der Waals surface area contributed by atoms with Gasteiger partial charge in [-0.3, -0.25) is 0 Å². The predicted molar refractivity (Wildman–Crippen MR) is 57.8 cm³/mol. The van der Waals surface area contributed by atoms with Gasteiger partial charge in [0, 0.05) is 0 Å². The Hall–Kier alpha value is -1.23. The summed E-state index contributed by atoms with van der Waals surface area (Å²) < 4.78 is 42.8. The van der Waals surface area contributed by atoms with Crippen molar-refractivity contribution in [2.24, 2.45) is 5.92 Å². The summed E-state index contributed by atoms with van der Waals surface area (Å²) >= 11 is 0. The fraction of sp³-hybridized carbons (Fsp3) is 0.500. The Morgan fingerprint density at radius 1 is 1.24 bits per heavy atom. The molecule has 0 bridgehead atoms. The fourth-order valence-electron chi connectivity index (χ4n) is 1.19. The minimum atomic E-state index is -4.45. The van der Waals surface area contributed by atoms with Crippen LogP contribution in [0.1, 0.15) is 19.4 Å². The van der Waals surface area contributed by atoms with Gasteiger partial charge < -0.3 is 9.84 Å². The molecule has 0 heterocycles. The number of benzene rings is 1. The summed E-state index contributed by atoms with van der Waals surface area (Å²) in [5.41, 5.74) is -0.823. The first-order chi connectivity index (χ1) is 7.82. The van der Waals surface area contributed by atoms with E-state index in [-0.39, 0.29) is 18.3 Å². The molecule has 0 spiro atoms. The van der Waals surface area contributed by atoms with E-state index in [4.69, 9.17) is 4.74 Å². The first-order valence-electron chi connectivity index (χ1n) is 5.29. The number of alkyl halides is 3. The van der Waals surface area contributed by atoms with Gasteiger partial charge in [0.1, 0.15) is 12.4 Å². The Labute approximate surface area is 98.0 Å². The van der Waals surface area contributed by atoms with Crippen molar-refractivity contribution in [2.75, 3.05) is 6.61 Å². The number of hydrogen-bond donors (Lipinski definition) is 1. The Bertz CT molecular complexity index is 361. The van der Waals surface area contributed by atoms with Crippen LogP contribution in [0.15, 0.2) is 24.3 Å². The van der Waals surface area contributed by atoms with E-state index in [9.17, 15) is 18.3 Å². The van der Waals surface area contributed by atoms with Gasteiger partial charge >= 0.3 is 6.18 Å². The lowest BCUT2D eigenvalue weighted by atomic mass is 10.1. The average Bonchev–Trinajstić information content (AvgIpc) is 2.24. The van der Waals surface area contributed by atoms with Crippen LogP contribution in [0.5, 0.6) is 5.75 Å². The number of halogens is 3. The third-order valence-corrected chi connectivity index (χ3v) is 2.37. The normalized spacial score (nSPS) is 13.8. The lowest BCUT2D eigenvalue weighted by Crippen LogP contribution is -2.24. The first kappa shape index (κ1) is 13.8. The van der Waals surface area contributed by atoms with E-state index < -0.39 is 17.8 Å². The number of ether oxygens (including phenoxy) is 1. The fourth-order valence-corrected chi connectivity index (χ4v) is 1.19. The average molecular weight is 248 g/mol. The van der Waals surface area contributed by atoms with Gasteiger partial charge in [-0.25, -0.2) is 0 Å². The summed E-state index contributed by atoms with van der Waals surface area (Å²) in [6, 6.07) is 4.97. The van der Waals surface area contributed by atoms with Gasteiger partial charge in [-0.2, -0.15) is 13.2 Å². The highest BCUT2D eigenvalue weighted by Gasteiger charge is 2.34. The number of hydrogen-bond acceptors (Lipinski definition) is 2. The Morgan fingerprint density at radius 3 is 2.35 bits per heavy atom. The molecule has 0 aliphatic carbocycles. The van der Waals surface area contributed by atoms with Crippen molar-refractivity contribution < 1.29 is 23.0 Å². The molecule has 1 atom stereocenters. The zero-order valence-electron chi connectivity index (χ0n) is 9.66. The quantitative estimate of drug-likeness (QED) is 0.887. The van der Waals surface area contributed by atoms with E-state index >= 15 is 0 Å². The molecule has 0 fully saturated rings. The van der Waals surface area contributed by atoms with Crippen LogP contribution in [0.25, 0.3) is 0 Å². The summed E-state index contributed by atoms with van der Waals surface area (Å²) in [5, 5.41) is 9.48. The third kappa shape index (κ3) is 3.93. The first-order valence-corrected chi connectivity index (χ1v) is 5.29. The molecule has 0 amide bonds. The van der Waals surface area contributed by atoms with E-state index in [0.717, 1.165) is 6.07 Å². The third-order valence-electron chi connectivity index (χ3n) is 2.37. The van der Waals surface area contributed by atoms with E-state index in [1.165, 1.54) is 18.2 Å². The van der Waals surface area contributed by atoms with Crippen LogP contribution in [0.2, 0.25) is 0 Å². The maximum atomic E-state index is 12.6. The number of rotatable bonds is 4. The molecule has 2 nitrogen and oxygen atoms in total. The molecule has 0 aliphatic rings. The van der Waals surface area contributed by atoms with E-state index in [2.05, 4.69) is 0 Å². The highest BCUT2D eigenvalue weighted by atomic mass is 19.4. The molecule has 0 aromatic heterocycles. The maximum Gasteiger partial charge on any atom is 0.419 e. The molecule has 1 aromatic rings. The zero-order valence-corrected chi connectivity index (χ0v) is 9.66. The van der Waals surface area contributed by atoms with E-state index in [1.807, 2.05) is 0 Å². The van der Waals surface area contributed by atoms with Crippen LogP contribution in [0, 0.1) is 5.92 Å². The second kappa shape index (κ2) is 5.40. The maximum absolute atomic E-state index is 12.6. The van der Waals surface area contributed by atoms with Gasteiger partial charge in [0.15, 0.2) is 0 Å². The van der Waals surface area contributed by atoms with Gasteiger partial charge in [-0.05, 0) is 18.1 Å². The Morgan fingerprint density at radius 2 is 1.82 bits per heavy atom. The van der Waals surface area contributed by atoms with Crippen molar-refractivity contribution in [2.45, 2.75) is 26.1 Å². The van der Waals surface area contributed by atoms with Gasteiger partial charge in [-0.1, -0.05) is 26.0 Å². The second-order valence-corrected chi connectivity index (χ2v) is 4.12. The van der Waals surface area contributed by atoms with Gasteiger partial charge in [-0.15, -0.1) is 0 Å². The van der Waals surface area contributed by atoms with Gasteiger partial charge in [0.25, 0.3) is 0 Å². The Kier molecular flexibility index (Phi) is 4.40. The molecule has 0 saturated heterocycles. The highest BCUT2D eigenvalue weighted by molar-refractivity contribution is 5.35. The summed E-state index contributed by atoms with van der Waals surface area (Å²) in [7, 11) is 0. The van der Waals surface area contributed by atoms with Crippen molar-refractivity contribution >= 4 is 0 Å². The van der Waals surface area contributed by atoms with Crippen molar-refractivity contribution in [3.63, 3.8) is 0 Å². The molecule has 5 heteroatoms. The van der Waals surface area contributed by atoms with Crippen LogP contribution in [-0.2, 0) is 6.18 Å². The standard InChI is InChI=1S/C12H15F3O2/c1-8(2)10(16)7-17-11-6-4-3-5-9(11)12(13,14)15/h3-6,8,10,16H,7H2,1-2H3. The summed E-state index contributed by atoms with van der Waals surface area (Å²) in [6.07, 6.45) is -5.23. The van der Waals surface area contributed by atoms with Crippen LogP contribution in [0.4, 0.5) is 13.2 Å².